The van der Waals surface area contributed by atoms with Crippen LogP contribution < -0.4 is 5.32 Å². The second-order valence-corrected chi connectivity index (χ2v) is 8.50. The zero-order chi connectivity index (χ0) is 12.0. The number of rotatable bonds is 7. The van der Waals surface area contributed by atoms with E-state index in [-0.39, 0.29) is 5.75 Å². The molecule has 0 radical (unpaired) electrons. The van der Waals surface area contributed by atoms with Gasteiger partial charge in [0.05, 0.1) is 9.54 Å². The maximum atomic E-state index is 10.9. The Balaban J connectivity index is 2.04. The van der Waals surface area contributed by atoms with Gasteiger partial charge in [-0.15, -0.1) is 11.3 Å². The highest BCUT2D eigenvalue weighted by Crippen LogP contribution is 2.21. The maximum absolute atomic E-state index is 10.9. The summed E-state index contributed by atoms with van der Waals surface area (Å²) in [5.41, 5.74) is 0. The van der Waals surface area contributed by atoms with Crippen LogP contribution in [0.3, 0.4) is 0 Å². The normalized spacial score (nSPS) is 11.9. The summed E-state index contributed by atoms with van der Waals surface area (Å²) in [6.07, 6.45) is 2.96. The minimum absolute atomic E-state index is 0.268. The Kier molecular flexibility index (Phi) is 5.96. The summed E-state index contributed by atoms with van der Waals surface area (Å²) in [7, 11) is -2.80. The molecule has 6 heteroatoms. The number of sulfone groups is 1. The van der Waals surface area contributed by atoms with Gasteiger partial charge in [-0.25, -0.2) is 8.42 Å². The molecular formula is C10H16BrNO2S2. The van der Waals surface area contributed by atoms with Gasteiger partial charge in [0.25, 0.3) is 0 Å². The highest BCUT2D eigenvalue weighted by atomic mass is 79.9. The monoisotopic (exact) mass is 325 g/mol. The number of thiophene rings is 1. The summed E-state index contributed by atoms with van der Waals surface area (Å²) < 4.78 is 22.9. The quantitative estimate of drug-likeness (QED) is 0.781. The SMILES string of the molecule is CS(=O)(=O)CCCNCCc1ccc(Br)s1. The molecule has 0 aromatic carbocycles. The minimum Gasteiger partial charge on any atom is -0.316 e. The summed E-state index contributed by atoms with van der Waals surface area (Å²) in [5, 5.41) is 3.24. The van der Waals surface area contributed by atoms with Crippen molar-refractivity contribution in [3.8, 4) is 0 Å². The zero-order valence-electron chi connectivity index (χ0n) is 9.20. The molecule has 0 fully saturated rings. The van der Waals surface area contributed by atoms with Crippen molar-refractivity contribution in [3.05, 3.63) is 20.8 Å². The van der Waals surface area contributed by atoms with Gasteiger partial charge in [-0.1, -0.05) is 0 Å². The van der Waals surface area contributed by atoms with Gasteiger partial charge in [-0.05, 0) is 54.0 Å². The van der Waals surface area contributed by atoms with E-state index in [1.54, 1.807) is 11.3 Å². The van der Waals surface area contributed by atoms with Gasteiger partial charge in [-0.3, -0.25) is 0 Å². The standard InChI is InChI=1S/C10H16BrNO2S2/c1-16(13,14)8-2-6-12-7-5-9-3-4-10(11)15-9/h3-4,12H,2,5-8H2,1H3. The van der Waals surface area contributed by atoms with Crippen LogP contribution in [0.1, 0.15) is 11.3 Å². The van der Waals surface area contributed by atoms with Crippen molar-refractivity contribution in [2.24, 2.45) is 0 Å². The molecule has 1 aromatic rings. The van der Waals surface area contributed by atoms with E-state index in [1.807, 2.05) is 6.07 Å². The summed E-state index contributed by atoms with van der Waals surface area (Å²) in [4.78, 5) is 1.34. The van der Waals surface area contributed by atoms with Crippen molar-refractivity contribution in [1.82, 2.24) is 5.32 Å². The first-order chi connectivity index (χ1) is 7.47. The van der Waals surface area contributed by atoms with E-state index in [1.165, 1.54) is 11.1 Å². The fourth-order valence-corrected chi connectivity index (χ4v) is 3.43. The van der Waals surface area contributed by atoms with Crippen LogP contribution in [0.5, 0.6) is 0 Å². The predicted molar refractivity (Wildman–Crippen MR) is 72.9 cm³/mol. The highest BCUT2D eigenvalue weighted by Gasteiger charge is 2.01. The van der Waals surface area contributed by atoms with Crippen LogP contribution in [0.25, 0.3) is 0 Å². The highest BCUT2D eigenvalue weighted by molar-refractivity contribution is 9.11. The average molecular weight is 326 g/mol. The first-order valence-electron chi connectivity index (χ1n) is 5.10. The molecule has 92 valence electrons. The molecule has 0 spiro atoms. The summed E-state index contributed by atoms with van der Waals surface area (Å²) >= 11 is 5.16. The number of nitrogens with one attached hydrogen (secondary N) is 1. The lowest BCUT2D eigenvalue weighted by Crippen LogP contribution is -2.20. The fourth-order valence-electron chi connectivity index (χ4n) is 1.28. The smallest absolute Gasteiger partial charge is 0.147 e. The molecule has 0 aliphatic rings. The molecule has 0 unspecified atom stereocenters. The van der Waals surface area contributed by atoms with E-state index in [4.69, 9.17) is 0 Å². The molecule has 0 aliphatic heterocycles. The summed E-state index contributed by atoms with van der Waals surface area (Å²) in [6.45, 7) is 1.66. The number of hydrogen-bond acceptors (Lipinski definition) is 4. The molecule has 0 amide bonds. The van der Waals surface area contributed by atoms with Gasteiger partial charge in [0, 0.05) is 11.1 Å². The lowest BCUT2D eigenvalue weighted by molar-refractivity contribution is 0.594. The van der Waals surface area contributed by atoms with E-state index in [9.17, 15) is 8.42 Å². The lowest BCUT2D eigenvalue weighted by Gasteiger charge is -2.02. The lowest BCUT2D eigenvalue weighted by atomic mass is 10.3. The van der Waals surface area contributed by atoms with Crippen LogP contribution >= 0.6 is 27.3 Å². The molecule has 0 atom stereocenters. The van der Waals surface area contributed by atoms with Crippen LogP contribution in [0.15, 0.2) is 15.9 Å². The molecule has 0 aliphatic carbocycles. The molecule has 1 heterocycles. The second-order valence-electron chi connectivity index (χ2n) is 3.69. The Labute approximate surface area is 109 Å². The molecule has 1 N–H and O–H groups in total. The molecule has 0 bridgehead atoms. The zero-order valence-corrected chi connectivity index (χ0v) is 12.4. The van der Waals surface area contributed by atoms with Crippen LogP contribution in [-0.4, -0.2) is 33.5 Å². The Hall–Kier alpha value is 0.0900. The van der Waals surface area contributed by atoms with E-state index in [0.29, 0.717) is 6.42 Å². The Morgan fingerprint density at radius 1 is 1.38 bits per heavy atom. The van der Waals surface area contributed by atoms with Crippen molar-refractivity contribution >= 4 is 37.1 Å². The molecular weight excluding hydrogens is 310 g/mol. The average Bonchev–Trinajstić information content (AvgIpc) is 2.56. The summed E-state index contributed by atoms with van der Waals surface area (Å²) in [5.74, 6) is 0.268. The van der Waals surface area contributed by atoms with Gasteiger partial charge < -0.3 is 5.32 Å². The van der Waals surface area contributed by atoms with Crippen molar-refractivity contribution < 1.29 is 8.42 Å². The second kappa shape index (κ2) is 6.74. The van der Waals surface area contributed by atoms with Gasteiger partial charge in [0.2, 0.25) is 0 Å². The van der Waals surface area contributed by atoms with Crippen LogP contribution in [-0.2, 0) is 16.3 Å². The van der Waals surface area contributed by atoms with E-state index in [2.05, 4.69) is 27.3 Å². The third-order valence-corrected chi connectivity index (χ3v) is 4.76. The first kappa shape index (κ1) is 14.2. The third-order valence-electron chi connectivity index (χ3n) is 2.05. The topological polar surface area (TPSA) is 46.2 Å². The van der Waals surface area contributed by atoms with Gasteiger partial charge in [0.1, 0.15) is 9.84 Å². The maximum Gasteiger partial charge on any atom is 0.147 e. The first-order valence-corrected chi connectivity index (χ1v) is 8.77. The van der Waals surface area contributed by atoms with Gasteiger partial charge in [0.15, 0.2) is 0 Å². The van der Waals surface area contributed by atoms with Crippen molar-refractivity contribution in [2.75, 3.05) is 25.1 Å². The van der Waals surface area contributed by atoms with Gasteiger partial charge >= 0.3 is 0 Å². The predicted octanol–water partition coefficient (Wildman–Crippen LogP) is 2.08. The summed E-state index contributed by atoms with van der Waals surface area (Å²) in [6, 6.07) is 4.15. The van der Waals surface area contributed by atoms with Crippen molar-refractivity contribution in [1.29, 1.82) is 0 Å². The van der Waals surface area contributed by atoms with Crippen molar-refractivity contribution in [2.45, 2.75) is 12.8 Å². The van der Waals surface area contributed by atoms with Crippen LogP contribution in [0, 0.1) is 0 Å². The minimum atomic E-state index is -2.80. The Morgan fingerprint density at radius 3 is 2.69 bits per heavy atom. The van der Waals surface area contributed by atoms with Crippen molar-refractivity contribution in [3.63, 3.8) is 0 Å². The van der Waals surface area contributed by atoms with Crippen LogP contribution in [0.2, 0.25) is 0 Å². The Bertz CT molecular complexity index is 414. The van der Waals surface area contributed by atoms with E-state index >= 15 is 0 Å². The number of hydrogen-bond donors (Lipinski definition) is 1. The molecule has 3 nitrogen and oxygen atoms in total. The van der Waals surface area contributed by atoms with E-state index < -0.39 is 9.84 Å². The molecule has 16 heavy (non-hydrogen) atoms. The van der Waals surface area contributed by atoms with Crippen LogP contribution in [0.4, 0.5) is 0 Å². The third kappa shape index (κ3) is 6.62. The number of halogens is 1. The fraction of sp³-hybridized carbons (Fsp3) is 0.600. The largest absolute Gasteiger partial charge is 0.316 e. The molecule has 0 saturated carbocycles. The van der Waals surface area contributed by atoms with E-state index in [0.717, 1.165) is 23.3 Å². The van der Waals surface area contributed by atoms with Gasteiger partial charge in [-0.2, -0.15) is 0 Å². The molecule has 1 aromatic heterocycles. The Morgan fingerprint density at radius 2 is 2.12 bits per heavy atom. The molecule has 1 rings (SSSR count). The molecule has 0 saturated heterocycles.